The Morgan fingerprint density at radius 2 is 1.88 bits per heavy atom. The first-order valence-corrected chi connectivity index (χ1v) is 8.18. The van der Waals surface area contributed by atoms with Gasteiger partial charge in [-0.1, -0.05) is 17.7 Å². The molecule has 4 rings (SSSR count). The molecule has 0 spiro atoms. The maximum atomic E-state index is 6.04. The predicted octanol–water partition coefficient (Wildman–Crippen LogP) is 4.12. The van der Waals surface area contributed by atoms with Gasteiger partial charge in [0.1, 0.15) is 24.2 Å². The van der Waals surface area contributed by atoms with Crippen LogP contribution in [0.5, 0.6) is 23.0 Å². The van der Waals surface area contributed by atoms with E-state index in [1.54, 1.807) is 13.3 Å². The molecule has 2 heterocycles. The monoisotopic (exact) mass is 337 g/mol. The quantitative estimate of drug-likeness (QED) is 0.633. The second-order valence-electron chi connectivity index (χ2n) is 6.01. The molecular formula is C20H19NO4. The number of nitrogens with zero attached hydrogens (tertiary/aromatic N) is 1. The van der Waals surface area contributed by atoms with Crippen LogP contribution in [0.25, 0.3) is 10.9 Å². The van der Waals surface area contributed by atoms with Crippen LogP contribution in [0.1, 0.15) is 5.56 Å². The summed E-state index contributed by atoms with van der Waals surface area (Å²) in [6.07, 6.45) is 1.91. The standard InChI is InChI=1S/C20H19NO4/c1-13-3-5-14(6-4-13)25-18-7-8-21-17-10-20(24-12-15-11-23-15)19(22-2)9-16(17)18/h3-10,15H,11-12H2,1-2H3. The SMILES string of the molecule is COc1cc2c(Oc3ccc(C)cc3)ccnc2cc1OCC1CO1. The van der Waals surface area contributed by atoms with E-state index in [0.29, 0.717) is 18.1 Å². The first-order chi connectivity index (χ1) is 12.2. The van der Waals surface area contributed by atoms with Gasteiger partial charge in [0.2, 0.25) is 0 Å². The number of hydrogen-bond acceptors (Lipinski definition) is 5. The van der Waals surface area contributed by atoms with E-state index in [4.69, 9.17) is 18.9 Å². The molecule has 1 aliphatic heterocycles. The average Bonchev–Trinajstić information content (AvgIpc) is 3.46. The van der Waals surface area contributed by atoms with Gasteiger partial charge < -0.3 is 18.9 Å². The van der Waals surface area contributed by atoms with E-state index in [0.717, 1.165) is 29.0 Å². The molecule has 0 saturated carbocycles. The third kappa shape index (κ3) is 3.51. The minimum Gasteiger partial charge on any atom is -0.493 e. The third-order valence-corrected chi connectivity index (χ3v) is 4.06. The first kappa shape index (κ1) is 15.7. The van der Waals surface area contributed by atoms with Gasteiger partial charge >= 0.3 is 0 Å². The van der Waals surface area contributed by atoms with Gasteiger partial charge in [0.05, 0.1) is 19.2 Å². The van der Waals surface area contributed by atoms with Crippen molar-refractivity contribution in [2.24, 2.45) is 0 Å². The maximum absolute atomic E-state index is 6.04. The molecule has 3 aromatic rings. The Balaban J connectivity index is 1.68. The number of ether oxygens (including phenoxy) is 4. The highest BCUT2D eigenvalue weighted by Crippen LogP contribution is 2.37. The number of aryl methyl sites for hydroxylation is 1. The molecule has 5 heteroatoms. The highest BCUT2D eigenvalue weighted by molar-refractivity contribution is 5.88. The fraction of sp³-hybridized carbons (Fsp3) is 0.250. The fourth-order valence-corrected chi connectivity index (χ4v) is 2.57. The van der Waals surface area contributed by atoms with Gasteiger partial charge in [-0.2, -0.15) is 0 Å². The number of pyridine rings is 1. The van der Waals surface area contributed by atoms with Crippen molar-refractivity contribution >= 4 is 10.9 Å². The van der Waals surface area contributed by atoms with E-state index in [1.165, 1.54) is 5.56 Å². The predicted molar refractivity (Wildman–Crippen MR) is 94.8 cm³/mol. The van der Waals surface area contributed by atoms with Crippen LogP contribution >= 0.6 is 0 Å². The number of fused-ring (bicyclic) bond motifs is 1. The fourth-order valence-electron chi connectivity index (χ4n) is 2.57. The first-order valence-electron chi connectivity index (χ1n) is 8.18. The van der Waals surface area contributed by atoms with Crippen LogP contribution in [0, 0.1) is 6.92 Å². The molecule has 1 atom stereocenters. The highest BCUT2D eigenvalue weighted by atomic mass is 16.6. The molecule has 25 heavy (non-hydrogen) atoms. The lowest BCUT2D eigenvalue weighted by atomic mass is 10.1. The van der Waals surface area contributed by atoms with E-state index >= 15 is 0 Å². The summed E-state index contributed by atoms with van der Waals surface area (Å²) in [5.41, 5.74) is 1.98. The summed E-state index contributed by atoms with van der Waals surface area (Å²) >= 11 is 0. The Morgan fingerprint density at radius 3 is 2.60 bits per heavy atom. The van der Waals surface area contributed by atoms with Crippen LogP contribution in [0.3, 0.4) is 0 Å². The molecule has 0 bridgehead atoms. The number of hydrogen-bond donors (Lipinski definition) is 0. The van der Waals surface area contributed by atoms with E-state index < -0.39 is 0 Å². The Bertz CT molecular complexity index is 888. The maximum Gasteiger partial charge on any atom is 0.163 e. The Kier molecular flexibility index (Phi) is 4.15. The number of rotatable bonds is 6. The van der Waals surface area contributed by atoms with Gasteiger partial charge in [0.15, 0.2) is 11.5 Å². The molecule has 0 N–H and O–H groups in total. The normalized spacial score (nSPS) is 15.8. The zero-order valence-electron chi connectivity index (χ0n) is 14.2. The molecule has 0 amide bonds. The topological polar surface area (TPSA) is 53.1 Å². The number of methoxy groups -OCH3 is 1. The van der Waals surface area contributed by atoms with E-state index in [9.17, 15) is 0 Å². The van der Waals surface area contributed by atoms with Crippen molar-refractivity contribution in [1.29, 1.82) is 0 Å². The lowest BCUT2D eigenvalue weighted by Gasteiger charge is -2.13. The van der Waals surface area contributed by atoms with Crippen molar-refractivity contribution < 1.29 is 18.9 Å². The molecule has 128 valence electrons. The summed E-state index contributed by atoms with van der Waals surface area (Å²) < 4.78 is 22.5. The molecule has 0 radical (unpaired) electrons. The van der Waals surface area contributed by atoms with E-state index in [1.807, 2.05) is 49.4 Å². The number of epoxide rings is 1. The average molecular weight is 337 g/mol. The number of benzene rings is 2. The van der Waals surface area contributed by atoms with Crippen LogP contribution in [-0.2, 0) is 4.74 Å². The molecule has 1 fully saturated rings. The summed E-state index contributed by atoms with van der Waals surface area (Å²) in [4.78, 5) is 4.43. The minimum absolute atomic E-state index is 0.185. The second-order valence-corrected chi connectivity index (χ2v) is 6.01. The summed E-state index contributed by atoms with van der Waals surface area (Å²) in [7, 11) is 1.62. The van der Waals surface area contributed by atoms with Crippen molar-refractivity contribution in [2.75, 3.05) is 20.3 Å². The lowest BCUT2D eigenvalue weighted by molar-refractivity contribution is 0.252. The molecule has 2 aromatic carbocycles. The molecule has 1 aliphatic rings. The minimum atomic E-state index is 0.185. The molecule has 1 aromatic heterocycles. The van der Waals surface area contributed by atoms with Crippen molar-refractivity contribution in [3.8, 4) is 23.0 Å². The van der Waals surface area contributed by atoms with Crippen LogP contribution in [0.2, 0.25) is 0 Å². The molecule has 5 nitrogen and oxygen atoms in total. The van der Waals surface area contributed by atoms with Crippen molar-refractivity contribution in [3.05, 3.63) is 54.2 Å². The molecule has 1 unspecified atom stereocenters. The summed E-state index contributed by atoms with van der Waals surface area (Å²) in [6.45, 7) is 3.31. The third-order valence-electron chi connectivity index (χ3n) is 4.06. The van der Waals surface area contributed by atoms with Crippen molar-refractivity contribution in [2.45, 2.75) is 13.0 Å². The van der Waals surface area contributed by atoms with Gasteiger partial charge in [0, 0.05) is 17.6 Å². The summed E-state index contributed by atoms with van der Waals surface area (Å²) in [5.74, 6) is 2.81. The van der Waals surface area contributed by atoms with Crippen molar-refractivity contribution in [1.82, 2.24) is 4.98 Å². The molecule has 1 saturated heterocycles. The van der Waals surface area contributed by atoms with Crippen LogP contribution in [0.4, 0.5) is 0 Å². The van der Waals surface area contributed by atoms with Gasteiger partial charge in [-0.25, -0.2) is 0 Å². The summed E-state index contributed by atoms with van der Waals surface area (Å²) in [6, 6.07) is 13.6. The zero-order valence-corrected chi connectivity index (χ0v) is 14.2. The van der Waals surface area contributed by atoms with Crippen LogP contribution in [-0.4, -0.2) is 31.4 Å². The van der Waals surface area contributed by atoms with Crippen LogP contribution in [0.15, 0.2) is 48.7 Å². The van der Waals surface area contributed by atoms with Gasteiger partial charge in [-0.05, 0) is 31.2 Å². The Hall–Kier alpha value is -2.79. The smallest absolute Gasteiger partial charge is 0.163 e. The Labute approximate surface area is 146 Å². The van der Waals surface area contributed by atoms with Crippen LogP contribution < -0.4 is 14.2 Å². The van der Waals surface area contributed by atoms with Crippen molar-refractivity contribution in [3.63, 3.8) is 0 Å². The number of aromatic nitrogens is 1. The van der Waals surface area contributed by atoms with Gasteiger partial charge in [-0.3, -0.25) is 4.98 Å². The molecular weight excluding hydrogens is 318 g/mol. The van der Waals surface area contributed by atoms with E-state index in [-0.39, 0.29) is 6.10 Å². The van der Waals surface area contributed by atoms with Gasteiger partial charge in [0.25, 0.3) is 0 Å². The molecule has 0 aliphatic carbocycles. The largest absolute Gasteiger partial charge is 0.493 e. The van der Waals surface area contributed by atoms with E-state index in [2.05, 4.69) is 4.98 Å². The van der Waals surface area contributed by atoms with Gasteiger partial charge in [-0.15, -0.1) is 0 Å². The zero-order chi connectivity index (χ0) is 17.2. The highest BCUT2D eigenvalue weighted by Gasteiger charge is 2.24. The summed E-state index contributed by atoms with van der Waals surface area (Å²) in [5, 5.41) is 0.870. The second kappa shape index (κ2) is 6.61. The Morgan fingerprint density at radius 1 is 1.08 bits per heavy atom. The lowest BCUT2D eigenvalue weighted by Crippen LogP contribution is -2.05.